The molecule has 0 amide bonds. The van der Waals surface area contributed by atoms with Gasteiger partial charge in [0.25, 0.3) is 0 Å². The van der Waals surface area contributed by atoms with Crippen LogP contribution < -0.4 is 4.74 Å². The molecule has 0 saturated heterocycles. The lowest BCUT2D eigenvalue weighted by atomic mass is 9.79. The van der Waals surface area contributed by atoms with Crippen molar-refractivity contribution in [2.75, 3.05) is 7.11 Å². The summed E-state index contributed by atoms with van der Waals surface area (Å²) in [6.07, 6.45) is 1.80. The van der Waals surface area contributed by atoms with Crippen LogP contribution >= 0.6 is 0 Å². The summed E-state index contributed by atoms with van der Waals surface area (Å²) in [6.45, 7) is 6.04. The van der Waals surface area contributed by atoms with E-state index in [4.69, 9.17) is 9.16 Å². The number of ether oxygens (including phenoxy) is 1. The molecule has 0 bridgehead atoms. The van der Waals surface area contributed by atoms with Gasteiger partial charge in [-0.25, -0.2) is 0 Å². The van der Waals surface area contributed by atoms with Crippen molar-refractivity contribution in [2.45, 2.75) is 44.5 Å². The molecule has 0 radical (unpaired) electrons. The van der Waals surface area contributed by atoms with Crippen molar-refractivity contribution in [1.82, 2.24) is 0 Å². The number of rotatable bonds is 4. The van der Waals surface area contributed by atoms with Crippen molar-refractivity contribution in [1.29, 1.82) is 5.26 Å². The molecule has 1 aliphatic carbocycles. The van der Waals surface area contributed by atoms with Gasteiger partial charge in [-0.15, -0.1) is 0 Å². The second-order valence-electron chi connectivity index (χ2n) is 6.41. The Bertz CT molecular complexity index is 648. The van der Waals surface area contributed by atoms with Gasteiger partial charge in [-0.3, -0.25) is 10.1 Å². The van der Waals surface area contributed by atoms with Gasteiger partial charge in [0.05, 0.1) is 12.0 Å². The second kappa shape index (κ2) is 5.70. The topological polar surface area (TPSA) is 85.4 Å². The number of fused-ring (bicyclic) bond motifs is 1. The zero-order valence-electron chi connectivity index (χ0n) is 13.3. The Morgan fingerprint density at radius 1 is 1.41 bits per heavy atom. The first kappa shape index (κ1) is 16.5. The standard InChI is InChI=1S/C15H20N2O4Si/c1-20-13-8-7-12-11(14(13)17(18)19)6-5-9-15(12,10-16)21-22(2,3)4/h7-8H,5-6,9H2,1-4H3. The number of nitrogens with zero attached hydrogens (tertiary/aromatic N) is 2. The molecule has 1 aromatic rings. The number of hydrogen-bond donors (Lipinski definition) is 0. The Morgan fingerprint density at radius 2 is 2.09 bits per heavy atom. The Balaban J connectivity index is 2.68. The van der Waals surface area contributed by atoms with E-state index >= 15 is 0 Å². The molecule has 0 aromatic heterocycles. The summed E-state index contributed by atoms with van der Waals surface area (Å²) < 4.78 is 11.3. The predicted molar refractivity (Wildman–Crippen MR) is 84.3 cm³/mol. The SMILES string of the molecule is COc1ccc2c(c1[N+](=O)[O-])CCCC2(C#N)O[Si](C)(C)C. The fourth-order valence-electron chi connectivity index (χ4n) is 3.03. The third kappa shape index (κ3) is 2.84. The zero-order valence-corrected chi connectivity index (χ0v) is 14.3. The average Bonchev–Trinajstić information content (AvgIpc) is 2.44. The quantitative estimate of drug-likeness (QED) is 0.481. The molecule has 0 aliphatic heterocycles. The molecule has 1 aliphatic rings. The van der Waals surface area contributed by atoms with Crippen LogP contribution in [0.15, 0.2) is 12.1 Å². The monoisotopic (exact) mass is 320 g/mol. The highest BCUT2D eigenvalue weighted by molar-refractivity contribution is 6.69. The molecule has 0 spiro atoms. The molecular formula is C15H20N2O4Si. The van der Waals surface area contributed by atoms with E-state index in [2.05, 4.69) is 6.07 Å². The van der Waals surface area contributed by atoms with Gasteiger partial charge in [0.1, 0.15) is 6.07 Å². The number of methoxy groups -OCH3 is 1. The van der Waals surface area contributed by atoms with Gasteiger partial charge < -0.3 is 9.16 Å². The summed E-state index contributed by atoms with van der Waals surface area (Å²) in [5.74, 6) is 0.227. The molecule has 0 N–H and O–H groups in total. The van der Waals surface area contributed by atoms with Gasteiger partial charge in [-0.05, 0) is 45.0 Å². The van der Waals surface area contributed by atoms with Crippen LogP contribution in [0.1, 0.15) is 24.0 Å². The maximum atomic E-state index is 11.4. The fourth-order valence-corrected chi connectivity index (χ4v) is 4.33. The Labute approximate surface area is 130 Å². The van der Waals surface area contributed by atoms with E-state index in [9.17, 15) is 15.4 Å². The van der Waals surface area contributed by atoms with Crippen molar-refractivity contribution >= 4 is 14.0 Å². The number of nitro benzene ring substituents is 1. The lowest BCUT2D eigenvalue weighted by Gasteiger charge is -2.38. The maximum Gasteiger partial charge on any atom is 0.314 e. The van der Waals surface area contributed by atoms with Crippen molar-refractivity contribution in [2.24, 2.45) is 0 Å². The van der Waals surface area contributed by atoms with E-state index in [1.54, 1.807) is 12.1 Å². The Kier molecular flexibility index (Phi) is 4.27. The van der Waals surface area contributed by atoms with Gasteiger partial charge >= 0.3 is 5.69 Å². The van der Waals surface area contributed by atoms with Crippen LogP contribution in [0.25, 0.3) is 0 Å². The third-order valence-electron chi connectivity index (χ3n) is 3.70. The summed E-state index contributed by atoms with van der Waals surface area (Å²) >= 11 is 0. The summed E-state index contributed by atoms with van der Waals surface area (Å²) in [4.78, 5) is 11.0. The summed E-state index contributed by atoms with van der Waals surface area (Å²) in [6, 6.07) is 5.58. The highest BCUT2D eigenvalue weighted by Gasteiger charge is 2.44. The molecule has 0 heterocycles. The first-order valence-corrected chi connectivity index (χ1v) is 10.6. The molecule has 7 heteroatoms. The summed E-state index contributed by atoms with van der Waals surface area (Å²) in [7, 11) is -0.586. The Morgan fingerprint density at radius 3 is 2.59 bits per heavy atom. The Hall–Kier alpha value is -1.91. The number of nitro groups is 1. The molecule has 1 atom stereocenters. The predicted octanol–water partition coefficient (Wildman–Crippen LogP) is 3.51. The van der Waals surface area contributed by atoms with E-state index in [-0.39, 0.29) is 11.4 Å². The van der Waals surface area contributed by atoms with Crippen molar-refractivity contribution < 1.29 is 14.1 Å². The molecule has 1 aromatic carbocycles. The minimum absolute atomic E-state index is 0.0431. The van der Waals surface area contributed by atoms with Crippen LogP contribution in [-0.2, 0) is 16.4 Å². The molecule has 6 nitrogen and oxygen atoms in total. The van der Waals surface area contributed by atoms with Crippen LogP contribution in [0.4, 0.5) is 5.69 Å². The molecule has 0 fully saturated rings. The first-order valence-electron chi connectivity index (χ1n) is 7.20. The highest BCUT2D eigenvalue weighted by Crippen LogP contribution is 2.46. The number of hydrogen-bond acceptors (Lipinski definition) is 5. The van der Waals surface area contributed by atoms with Gasteiger partial charge in [0.2, 0.25) is 0 Å². The van der Waals surface area contributed by atoms with E-state index in [0.717, 1.165) is 0 Å². The summed E-state index contributed by atoms with van der Waals surface area (Å²) in [5, 5.41) is 21.2. The van der Waals surface area contributed by atoms with Crippen molar-refractivity contribution in [3.8, 4) is 11.8 Å². The normalized spacial score (nSPS) is 20.9. The average molecular weight is 320 g/mol. The van der Waals surface area contributed by atoms with Gasteiger partial charge in [0.15, 0.2) is 19.7 Å². The zero-order chi connectivity index (χ0) is 16.5. The molecule has 118 valence electrons. The molecular weight excluding hydrogens is 300 g/mol. The minimum atomic E-state index is -2.00. The van der Waals surface area contributed by atoms with Crippen molar-refractivity contribution in [3.63, 3.8) is 0 Å². The molecule has 22 heavy (non-hydrogen) atoms. The largest absolute Gasteiger partial charge is 0.490 e. The summed E-state index contributed by atoms with van der Waals surface area (Å²) in [5.41, 5.74) is 0.0554. The third-order valence-corrected chi connectivity index (χ3v) is 4.66. The maximum absolute atomic E-state index is 11.4. The van der Waals surface area contributed by atoms with Crippen LogP contribution in [0.3, 0.4) is 0 Å². The van der Waals surface area contributed by atoms with Crippen LogP contribution in [-0.4, -0.2) is 20.4 Å². The number of nitriles is 1. The van der Waals surface area contributed by atoms with Gasteiger partial charge in [-0.2, -0.15) is 5.26 Å². The molecule has 2 rings (SSSR count). The molecule has 0 saturated carbocycles. The van der Waals surface area contributed by atoms with Crippen LogP contribution in [0.5, 0.6) is 5.75 Å². The number of benzene rings is 1. The van der Waals surface area contributed by atoms with Crippen molar-refractivity contribution in [3.05, 3.63) is 33.4 Å². The molecule has 1 unspecified atom stereocenters. The van der Waals surface area contributed by atoms with Crippen LogP contribution in [0, 0.1) is 21.4 Å². The lowest BCUT2D eigenvalue weighted by molar-refractivity contribution is -0.386. The van der Waals surface area contributed by atoms with Gasteiger partial charge in [0, 0.05) is 11.1 Å². The lowest BCUT2D eigenvalue weighted by Crippen LogP contribution is -2.42. The first-order chi connectivity index (χ1) is 10.2. The van der Waals surface area contributed by atoms with E-state index in [0.29, 0.717) is 30.4 Å². The van der Waals surface area contributed by atoms with Gasteiger partial charge in [-0.1, -0.05) is 6.07 Å². The van der Waals surface area contributed by atoms with E-state index in [1.807, 2.05) is 19.6 Å². The smallest absolute Gasteiger partial charge is 0.314 e. The fraction of sp³-hybridized carbons (Fsp3) is 0.533. The van der Waals surface area contributed by atoms with Crippen LogP contribution in [0.2, 0.25) is 19.6 Å². The minimum Gasteiger partial charge on any atom is -0.490 e. The second-order valence-corrected chi connectivity index (χ2v) is 10.8. The van der Waals surface area contributed by atoms with E-state index < -0.39 is 18.8 Å². The van der Waals surface area contributed by atoms with E-state index in [1.165, 1.54) is 7.11 Å². The highest BCUT2D eigenvalue weighted by atomic mass is 28.4.